The van der Waals surface area contributed by atoms with E-state index in [-0.39, 0.29) is 25.0 Å². The Hall–Kier alpha value is -1.39. The number of hydrogen-bond acceptors (Lipinski definition) is 3. The van der Waals surface area contributed by atoms with Crippen molar-refractivity contribution in [3.8, 4) is 0 Å². The molecule has 1 rings (SSSR count). The van der Waals surface area contributed by atoms with E-state index < -0.39 is 5.54 Å². The lowest BCUT2D eigenvalue weighted by Gasteiger charge is -2.28. The fraction of sp³-hybridized carbons (Fsp3) is 0.462. The Morgan fingerprint density at radius 2 is 1.82 bits per heavy atom. The van der Waals surface area contributed by atoms with E-state index in [1.165, 1.54) is 0 Å². The van der Waals surface area contributed by atoms with E-state index in [9.17, 15) is 4.79 Å². The minimum atomic E-state index is -0.972. The van der Waals surface area contributed by atoms with Crippen LogP contribution in [0.3, 0.4) is 0 Å². The summed E-state index contributed by atoms with van der Waals surface area (Å²) in [6.07, 6.45) is 0. The molecule has 0 fully saturated rings. The van der Waals surface area contributed by atoms with Gasteiger partial charge >= 0.3 is 0 Å². The highest BCUT2D eigenvalue weighted by molar-refractivity contribution is 5.83. The van der Waals surface area contributed by atoms with Crippen LogP contribution in [-0.4, -0.2) is 34.9 Å². The highest BCUT2D eigenvalue weighted by atomic mass is 16.3. The first-order valence-electron chi connectivity index (χ1n) is 5.61. The molecule has 1 amide bonds. The summed E-state index contributed by atoms with van der Waals surface area (Å²) in [5, 5.41) is 20.9. The van der Waals surface area contributed by atoms with Crippen LogP contribution < -0.4 is 5.32 Å². The zero-order chi connectivity index (χ0) is 12.9. The predicted molar refractivity (Wildman–Crippen MR) is 65.6 cm³/mol. The van der Waals surface area contributed by atoms with Gasteiger partial charge in [-0.25, -0.2) is 0 Å². The van der Waals surface area contributed by atoms with E-state index in [1.54, 1.807) is 13.8 Å². The number of carbonyl (C=O) groups is 1. The van der Waals surface area contributed by atoms with Gasteiger partial charge in [0.25, 0.3) is 0 Å². The van der Waals surface area contributed by atoms with Gasteiger partial charge in [0.15, 0.2) is 0 Å². The van der Waals surface area contributed by atoms with Crippen molar-refractivity contribution in [2.75, 3.05) is 13.2 Å². The Kier molecular flexibility index (Phi) is 4.66. The molecule has 0 aliphatic rings. The molecule has 94 valence electrons. The van der Waals surface area contributed by atoms with E-state index in [0.717, 1.165) is 5.56 Å². The van der Waals surface area contributed by atoms with Crippen molar-refractivity contribution in [1.82, 2.24) is 5.32 Å². The maximum Gasteiger partial charge on any atom is 0.227 e. The van der Waals surface area contributed by atoms with Crippen molar-refractivity contribution in [3.63, 3.8) is 0 Å². The standard InChI is InChI=1S/C13H19NO3/c1-10(11-6-4-3-5-7-11)12(17)14-13(2,8-15)9-16/h3-7,10,15-16H,8-9H2,1-2H3,(H,14,17). The van der Waals surface area contributed by atoms with Gasteiger partial charge in [0.1, 0.15) is 0 Å². The Labute approximate surface area is 101 Å². The highest BCUT2D eigenvalue weighted by Gasteiger charge is 2.27. The predicted octanol–water partition coefficient (Wildman–Crippen LogP) is 0.650. The number of hydrogen-bond donors (Lipinski definition) is 3. The van der Waals surface area contributed by atoms with Crippen LogP contribution in [0.5, 0.6) is 0 Å². The molecule has 1 aromatic rings. The van der Waals surface area contributed by atoms with E-state index >= 15 is 0 Å². The third kappa shape index (κ3) is 3.54. The monoisotopic (exact) mass is 237 g/mol. The Balaban J connectivity index is 2.71. The van der Waals surface area contributed by atoms with Crippen molar-refractivity contribution in [2.24, 2.45) is 0 Å². The van der Waals surface area contributed by atoms with Gasteiger partial charge in [-0.15, -0.1) is 0 Å². The number of benzene rings is 1. The van der Waals surface area contributed by atoms with E-state index in [0.29, 0.717) is 0 Å². The summed E-state index contributed by atoms with van der Waals surface area (Å²) < 4.78 is 0. The number of carbonyl (C=O) groups excluding carboxylic acids is 1. The van der Waals surface area contributed by atoms with Crippen LogP contribution in [0.1, 0.15) is 25.3 Å². The van der Waals surface area contributed by atoms with Crippen LogP contribution in [0, 0.1) is 0 Å². The molecule has 4 heteroatoms. The van der Waals surface area contributed by atoms with Gasteiger partial charge in [-0.1, -0.05) is 30.3 Å². The second kappa shape index (κ2) is 5.80. The average molecular weight is 237 g/mol. The first kappa shape index (κ1) is 13.7. The normalized spacial score (nSPS) is 13.2. The number of amides is 1. The highest BCUT2D eigenvalue weighted by Crippen LogP contribution is 2.16. The molecule has 0 bridgehead atoms. The molecule has 1 aromatic carbocycles. The quantitative estimate of drug-likeness (QED) is 0.704. The molecule has 0 heterocycles. The van der Waals surface area contributed by atoms with Crippen molar-refractivity contribution in [1.29, 1.82) is 0 Å². The Morgan fingerprint density at radius 1 is 1.29 bits per heavy atom. The van der Waals surface area contributed by atoms with Gasteiger partial charge in [-0.3, -0.25) is 4.79 Å². The number of rotatable bonds is 5. The fourth-order valence-electron chi connectivity index (χ4n) is 1.43. The third-order valence-corrected chi connectivity index (χ3v) is 2.82. The maximum atomic E-state index is 11.9. The lowest BCUT2D eigenvalue weighted by atomic mass is 9.98. The molecule has 17 heavy (non-hydrogen) atoms. The largest absolute Gasteiger partial charge is 0.394 e. The molecule has 1 atom stereocenters. The Bertz CT molecular complexity index is 360. The number of aliphatic hydroxyl groups is 2. The van der Waals surface area contributed by atoms with Gasteiger partial charge in [-0.05, 0) is 19.4 Å². The third-order valence-electron chi connectivity index (χ3n) is 2.82. The fourth-order valence-corrected chi connectivity index (χ4v) is 1.43. The smallest absolute Gasteiger partial charge is 0.227 e. The van der Waals surface area contributed by atoms with Crippen molar-refractivity contribution in [3.05, 3.63) is 35.9 Å². The van der Waals surface area contributed by atoms with Crippen LogP contribution in [0.2, 0.25) is 0 Å². The summed E-state index contributed by atoms with van der Waals surface area (Å²) in [5.41, 5.74) is -0.0663. The lowest BCUT2D eigenvalue weighted by Crippen LogP contribution is -2.52. The molecule has 0 aromatic heterocycles. The molecule has 4 nitrogen and oxygen atoms in total. The first-order valence-corrected chi connectivity index (χ1v) is 5.61. The maximum absolute atomic E-state index is 11.9. The molecule has 0 aliphatic heterocycles. The SMILES string of the molecule is CC(C(=O)NC(C)(CO)CO)c1ccccc1. The lowest BCUT2D eigenvalue weighted by molar-refractivity contribution is -0.125. The number of nitrogens with one attached hydrogen (secondary N) is 1. The van der Waals surface area contributed by atoms with E-state index in [1.807, 2.05) is 30.3 Å². The van der Waals surface area contributed by atoms with Crippen molar-refractivity contribution >= 4 is 5.91 Å². The van der Waals surface area contributed by atoms with Gasteiger partial charge in [0, 0.05) is 0 Å². The second-order valence-electron chi connectivity index (χ2n) is 4.50. The van der Waals surface area contributed by atoms with Gasteiger partial charge in [-0.2, -0.15) is 0 Å². The summed E-state index contributed by atoms with van der Waals surface area (Å²) in [4.78, 5) is 11.9. The van der Waals surface area contributed by atoms with Crippen molar-refractivity contribution in [2.45, 2.75) is 25.3 Å². The van der Waals surface area contributed by atoms with Crippen molar-refractivity contribution < 1.29 is 15.0 Å². The topological polar surface area (TPSA) is 69.6 Å². The van der Waals surface area contributed by atoms with Gasteiger partial charge in [0.2, 0.25) is 5.91 Å². The molecule has 1 unspecified atom stereocenters. The Morgan fingerprint density at radius 3 is 2.29 bits per heavy atom. The second-order valence-corrected chi connectivity index (χ2v) is 4.50. The van der Waals surface area contributed by atoms with Crippen LogP contribution in [0.4, 0.5) is 0 Å². The van der Waals surface area contributed by atoms with Gasteiger partial charge in [0.05, 0.1) is 24.7 Å². The molecule has 0 radical (unpaired) electrons. The van der Waals surface area contributed by atoms with Gasteiger partial charge < -0.3 is 15.5 Å². The number of aliphatic hydroxyl groups excluding tert-OH is 2. The first-order chi connectivity index (χ1) is 8.02. The van der Waals surface area contributed by atoms with Crippen LogP contribution in [0.25, 0.3) is 0 Å². The summed E-state index contributed by atoms with van der Waals surface area (Å²) in [7, 11) is 0. The van der Waals surface area contributed by atoms with Crippen LogP contribution in [-0.2, 0) is 4.79 Å². The molecule has 0 spiro atoms. The minimum absolute atomic E-state index is 0.207. The molecule has 0 saturated carbocycles. The summed E-state index contributed by atoms with van der Waals surface area (Å²) in [5.74, 6) is -0.518. The molecular weight excluding hydrogens is 218 g/mol. The zero-order valence-electron chi connectivity index (χ0n) is 10.2. The minimum Gasteiger partial charge on any atom is -0.394 e. The summed E-state index contributed by atoms with van der Waals surface area (Å²) >= 11 is 0. The average Bonchev–Trinajstić information content (AvgIpc) is 2.38. The van der Waals surface area contributed by atoms with Crippen LogP contribution in [0.15, 0.2) is 30.3 Å². The van der Waals surface area contributed by atoms with E-state index in [2.05, 4.69) is 5.32 Å². The molecule has 0 aliphatic carbocycles. The molecule has 0 saturated heterocycles. The van der Waals surface area contributed by atoms with Crippen LogP contribution >= 0.6 is 0 Å². The van der Waals surface area contributed by atoms with E-state index in [4.69, 9.17) is 10.2 Å². The zero-order valence-corrected chi connectivity index (χ0v) is 10.2. The summed E-state index contributed by atoms with van der Waals surface area (Å²) in [6.45, 7) is 2.80. The molecule has 3 N–H and O–H groups in total. The molecular formula is C13H19NO3. The summed E-state index contributed by atoms with van der Waals surface area (Å²) in [6, 6.07) is 9.38.